The summed E-state index contributed by atoms with van der Waals surface area (Å²) in [5.41, 5.74) is 0.637. The lowest BCUT2D eigenvalue weighted by molar-refractivity contribution is -0.124. The van der Waals surface area contributed by atoms with E-state index in [0.29, 0.717) is 5.69 Å². The molecule has 0 saturated heterocycles. The molecule has 1 aromatic carbocycles. The summed E-state index contributed by atoms with van der Waals surface area (Å²) in [6.45, 7) is 2.91. The van der Waals surface area contributed by atoms with Gasteiger partial charge in [0.2, 0.25) is 0 Å². The van der Waals surface area contributed by atoms with Gasteiger partial charge in [0.25, 0.3) is 0 Å². The van der Waals surface area contributed by atoms with Crippen molar-refractivity contribution < 1.29 is 14.3 Å². The van der Waals surface area contributed by atoms with Crippen molar-refractivity contribution in [3.05, 3.63) is 30.3 Å². The lowest BCUT2D eigenvalue weighted by atomic mass is 10.3. The summed E-state index contributed by atoms with van der Waals surface area (Å²) in [5.74, 6) is -0.182. The van der Waals surface area contributed by atoms with Gasteiger partial charge < -0.3 is 4.74 Å². The van der Waals surface area contributed by atoms with Gasteiger partial charge in [-0.3, -0.25) is 10.1 Å². The van der Waals surface area contributed by atoms with Crippen molar-refractivity contribution >= 4 is 17.6 Å². The first-order chi connectivity index (χ1) is 7.09. The summed E-state index contributed by atoms with van der Waals surface area (Å²) in [7, 11) is 0. The Labute approximate surface area is 88.2 Å². The van der Waals surface area contributed by atoms with Crippen LogP contribution in [0.4, 0.5) is 10.5 Å². The van der Waals surface area contributed by atoms with Gasteiger partial charge in [-0.05, 0) is 26.0 Å². The van der Waals surface area contributed by atoms with Crippen molar-refractivity contribution in [3.63, 3.8) is 0 Å². The van der Waals surface area contributed by atoms with Crippen LogP contribution >= 0.6 is 0 Å². The maximum absolute atomic E-state index is 11.2. The first-order valence-electron chi connectivity index (χ1n) is 4.62. The van der Waals surface area contributed by atoms with E-state index in [1.807, 2.05) is 6.07 Å². The second-order valence-corrected chi connectivity index (χ2v) is 3.15. The Morgan fingerprint density at radius 2 is 1.87 bits per heavy atom. The van der Waals surface area contributed by atoms with Gasteiger partial charge >= 0.3 is 6.09 Å². The van der Waals surface area contributed by atoms with Crippen LogP contribution in [0.3, 0.4) is 0 Å². The molecule has 0 aliphatic rings. The zero-order valence-electron chi connectivity index (χ0n) is 8.69. The maximum atomic E-state index is 11.2. The number of ether oxygens (including phenoxy) is 1. The molecule has 1 aromatic rings. The lowest BCUT2D eigenvalue weighted by Crippen LogP contribution is -2.25. The fourth-order valence-corrected chi connectivity index (χ4v) is 0.912. The van der Waals surface area contributed by atoms with E-state index < -0.39 is 12.2 Å². The number of carbonyl (C=O) groups excluding carboxylic acids is 2. The molecule has 80 valence electrons. The molecule has 4 nitrogen and oxygen atoms in total. The quantitative estimate of drug-likeness (QED) is 0.826. The Morgan fingerprint density at radius 3 is 2.40 bits per heavy atom. The number of amides is 1. The molecule has 0 spiro atoms. The first kappa shape index (κ1) is 11.2. The van der Waals surface area contributed by atoms with Gasteiger partial charge in [-0.1, -0.05) is 18.2 Å². The van der Waals surface area contributed by atoms with Gasteiger partial charge in [0.1, 0.15) is 0 Å². The topological polar surface area (TPSA) is 55.4 Å². The number of ketones is 1. The summed E-state index contributed by atoms with van der Waals surface area (Å²) in [4.78, 5) is 22.1. The minimum Gasteiger partial charge on any atom is -0.438 e. The SMILES string of the molecule is CC(=O)C(C)OC(=O)Nc1ccccc1. The molecule has 1 amide bonds. The zero-order valence-corrected chi connectivity index (χ0v) is 8.69. The maximum Gasteiger partial charge on any atom is 0.412 e. The van der Waals surface area contributed by atoms with Gasteiger partial charge in [0, 0.05) is 5.69 Å². The third-order valence-electron chi connectivity index (χ3n) is 1.88. The number of carbonyl (C=O) groups is 2. The van der Waals surface area contributed by atoms with Crippen molar-refractivity contribution in [2.75, 3.05) is 5.32 Å². The van der Waals surface area contributed by atoms with Crippen LogP contribution in [-0.4, -0.2) is 18.0 Å². The van der Waals surface area contributed by atoms with E-state index in [9.17, 15) is 9.59 Å². The number of hydrogen-bond acceptors (Lipinski definition) is 3. The highest BCUT2D eigenvalue weighted by Gasteiger charge is 2.12. The molecule has 1 N–H and O–H groups in total. The number of Topliss-reactive ketones (excluding diaryl/α,β-unsaturated/α-hetero) is 1. The summed E-state index contributed by atoms with van der Waals surface area (Å²) >= 11 is 0. The molecule has 15 heavy (non-hydrogen) atoms. The fourth-order valence-electron chi connectivity index (χ4n) is 0.912. The van der Waals surface area contributed by atoms with Crippen molar-refractivity contribution in [3.8, 4) is 0 Å². The number of benzene rings is 1. The molecule has 0 aliphatic carbocycles. The standard InChI is InChI=1S/C11H13NO3/c1-8(13)9(2)15-11(14)12-10-6-4-3-5-7-10/h3-7,9H,1-2H3,(H,12,14). The monoisotopic (exact) mass is 207 g/mol. The highest BCUT2D eigenvalue weighted by molar-refractivity contribution is 5.88. The number of rotatable bonds is 3. The predicted octanol–water partition coefficient (Wildman–Crippen LogP) is 2.21. The van der Waals surface area contributed by atoms with Crippen LogP contribution in [0.15, 0.2) is 30.3 Å². The molecular formula is C11H13NO3. The number of para-hydroxylation sites is 1. The predicted molar refractivity (Wildman–Crippen MR) is 56.7 cm³/mol. The van der Waals surface area contributed by atoms with E-state index in [2.05, 4.69) is 5.32 Å². The van der Waals surface area contributed by atoms with E-state index in [1.54, 1.807) is 24.3 Å². The van der Waals surface area contributed by atoms with Crippen LogP contribution < -0.4 is 5.32 Å². The first-order valence-corrected chi connectivity index (χ1v) is 4.62. The van der Waals surface area contributed by atoms with Gasteiger partial charge in [-0.25, -0.2) is 4.79 Å². The third-order valence-corrected chi connectivity index (χ3v) is 1.88. The molecule has 0 heterocycles. The van der Waals surface area contributed by atoms with Gasteiger partial charge in [-0.2, -0.15) is 0 Å². The highest BCUT2D eigenvalue weighted by atomic mass is 16.6. The van der Waals surface area contributed by atoms with Crippen molar-refractivity contribution in [2.45, 2.75) is 20.0 Å². The fraction of sp³-hybridized carbons (Fsp3) is 0.273. The van der Waals surface area contributed by atoms with Crippen LogP contribution in [0.1, 0.15) is 13.8 Å². The van der Waals surface area contributed by atoms with Gasteiger partial charge in [-0.15, -0.1) is 0 Å². The third kappa shape index (κ3) is 3.81. The van der Waals surface area contributed by atoms with Gasteiger partial charge in [0.15, 0.2) is 11.9 Å². The van der Waals surface area contributed by atoms with E-state index in [0.717, 1.165) is 0 Å². The van der Waals surface area contributed by atoms with E-state index >= 15 is 0 Å². The van der Waals surface area contributed by atoms with Crippen molar-refractivity contribution in [2.24, 2.45) is 0 Å². The van der Waals surface area contributed by atoms with Crippen molar-refractivity contribution in [1.29, 1.82) is 0 Å². The number of anilines is 1. The second-order valence-electron chi connectivity index (χ2n) is 3.15. The van der Waals surface area contributed by atoms with Crippen LogP contribution in [0.2, 0.25) is 0 Å². The van der Waals surface area contributed by atoms with Crippen LogP contribution in [-0.2, 0) is 9.53 Å². The summed E-state index contributed by atoms with van der Waals surface area (Å²) in [5, 5.41) is 2.51. The van der Waals surface area contributed by atoms with Crippen LogP contribution in [0.25, 0.3) is 0 Å². The molecule has 0 bridgehead atoms. The Morgan fingerprint density at radius 1 is 1.27 bits per heavy atom. The molecule has 1 unspecified atom stereocenters. The van der Waals surface area contributed by atoms with Crippen LogP contribution in [0.5, 0.6) is 0 Å². The van der Waals surface area contributed by atoms with E-state index in [-0.39, 0.29) is 5.78 Å². The number of hydrogen-bond donors (Lipinski definition) is 1. The Balaban J connectivity index is 2.47. The molecular weight excluding hydrogens is 194 g/mol. The van der Waals surface area contributed by atoms with E-state index in [1.165, 1.54) is 13.8 Å². The Hall–Kier alpha value is -1.84. The average Bonchev–Trinajstić information content (AvgIpc) is 2.18. The van der Waals surface area contributed by atoms with Crippen LogP contribution in [0, 0.1) is 0 Å². The largest absolute Gasteiger partial charge is 0.438 e. The molecule has 0 fully saturated rings. The Kier molecular flexibility index (Phi) is 3.85. The summed E-state index contributed by atoms with van der Waals surface area (Å²) in [6, 6.07) is 8.90. The highest BCUT2D eigenvalue weighted by Crippen LogP contribution is 2.06. The molecule has 0 saturated carbocycles. The van der Waals surface area contributed by atoms with Crippen molar-refractivity contribution in [1.82, 2.24) is 0 Å². The number of nitrogens with one attached hydrogen (secondary N) is 1. The molecule has 0 radical (unpaired) electrons. The molecule has 0 aliphatic heterocycles. The summed E-state index contributed by atoms with van der Waals surface area (Å²) in [6.07, 6.45) is -1.34. The summed E-state index contributed by atoms with van der Waals surface area (Å²) < 4.78 is 4.82. The zero-order chi connectivity index (χ0) is 11.3. The second kappa shape index (κ2) is 5.14. The van der Waals surface area contributed by atoms with Gasteiger partial charge in [0.05, 0.1) is 0 Å². The minimum absolute atomic E-state index is 0.182. The smallest absolute Gasteiger partial charge is 0.412 e. The van der Waals surface area contributed by atoms with E-state index in [4.69, 9.17) is 4.74 Å². The normalized spacial score (nSPS) is 11.6. The average molecular weight is 207 g/mol. The molecule has 0 aromatic heterocycles. The molecule has 4 heteroatoms. The minimum atomic E-state index is -0.714. The Bertz CT molecular complexity index is 348. The molecule has 1 rings (SSSR count). The molecule has 1 atom stereocenters. The lowest BCUT2D eigenvalue weighted by Gasteiger charge is -2.10.